The highest BCUT2D eigenvalue weighted by molar-refractivity contribution is 7.89. The number of nitrogens with two attached hydrogens (primary N) is 1. The highest BCUT2D eigenvalue weighted by Gasteiger charge is 2.51. The Morgan fingerprint density at radius 3 is 2.39 bits per heavy atom. The minimum atomic E-state index is -4.85. The zero-order chi connectivity index (χ0) is 24.6. The van der Waals surface area contributed by atoms with E-state index in [2.05, 4.69) is 16.8 Å². The van der Waals surface area contributed by atoms with E-state index in [9.17, 15) is 31.1 Å². The smallest absolute Gasteiger partial charge is 0.381 e. The van der Waals surface area contributed by atoms with Crippen molar-refractivity contribution < 1.29 is 31.1 Å². The maximum atomic E-state index is 13.8. The summed E-state index contributed by atoms with van der Waals surface area (Å²) in [4.78, 5) is 4.98. The van der Waals surface area contributed by atoms with Gasteiger partial charge in [0.2, 0.25) is 10.0 Å². The van der Waals surface area contributed by atoms with Crippen LogP contribution in [0.4, 0.5) is 29.1 Å². The van der Waals surface area contributed by atoms with E-state index in [1.807, 2.05) is 0 Å². The summed E-state index contributed by atoms with van der Waals surface area (Å²) in [5.74, 6) is 4.27. The van der Waals surface area contributed by atoms with Crippen molar-refractivity contribution in [3.63, 3.8) is 0 Å². The number of piperazine rings is 1. The Morgan fingerprint density at radius 1 is 1.21 bits per heavy atom. The Balaban J connectivity index is 1.86. The van der Waals surface area contributed by atoms with E-state index in [4.69, 9.17) is 5.73 Å². The number of sulfonamides is 1. The standard InChI is InChI=1S/C21H22F4N4O3S/c1-3-4-16-13-28(33(31,32)17-11-18(22)19(26)27-12-17)9-10-29(16)15-7-5-14(6-8-15)20(2,30)21(23,24)25/h5-8,11-12,16,30H,9-10,13H2,1-2H3,(H2,26,27). The molecule has 0 saturated carbocycles. The predicted octanol–water partition coefficient (Wildman–Crippen LogP) is 2.48. The summed E-state index contributed by atoms with van der Waals surface area (Å²) in [6.45, 7) is 2.40. The molecule has 33 heavy (non-hydrogen) atoms. The second kappa shape index (κ2) is 8.81. The number of halogens is 4. The van der Waals surface area contributed by atoms with Gasteiger partial charge in [-0.15, -0.1) is 5.92 Å². The maximum absolute atomic E-state index is 13.8. The average molecular weight is 486 g/mol. The number of rotatable bonds is 4. The highest BCUT2D eigenvalue weighted by Crippen LogP contribution is 2.39. The van der Waals surface area contributed by atoms with E-state index in [1.54, 1.807) is 11.8 Å². The normalized spacial score (nSPS) is 19.5. The number of aliphatic hydroxyl groups is 1. The molecule has 0 aliphatic carbocycles. The number of aromatic nitrogens is 1. The summed E-state index contributed by atoms with van der Waals surface area (Å²) in [6.07, 6.45) is -3.87. The number of hydrogen-bond acceptors (Lipinski definition) is 6. The summed E-state index contributed by atoms with van der Waals surface area (Å²) in [6, 6.07) is 5.37. The molecule has 0 bridgehead atoms. The van der Waals surface area contributed by atoms with Crippen LogP contribution in [0.1, 0.15) is 19.4 Å². The van der Waals surface area contributed by atoms with Gasteiger partial charge in [-0.1, -0.05) is 18.1 Å². The van der Waals surface area contributed by atoms with Gasteiger partial charge in [-0.25, -0.2) is 17.8 Å². The van der Waals surface area contributed by atoms with E-state index in [1.165, 1.54) is 24.3 Å². The van der Waals surface area contributed by atoms with E-state index < -0.39 is 39.5 Å². The van der Waals surface area contributed by atoms with E-state index in [-0.39, 0.29) is 30.1 Å². The van der Waals surface area contributed by atoms with Gasteiger partial charge in [0, 0.05) is 31.5 Å². The van der Waals surface area contributed by atoms with E-state index in [0.29, 0.717) is 12.6 Å². The molecule has 1 aromatic carbocycles. The van der Waals surface area contributed by atoms with Crippen molar-refractivity contribution in [2.75, 3.05) is 30.3 Å². The minimum Gasteiger partial charge on any atom is -0.381 e. The molecule has 0 radical (unpaired) electrons. The molecule has 1 fully saturated rings. The fraction of sp³-hybridized carbons (Fsp3) is 0.381. The van der Waals surface area contributed by atoms with E-state index in [0.717, 1.165) is 16.6 Å². The van der Waals surface area contributed by atoms with Crippen molar-refractivity contribution >= 4 is 21.5 Å². The van der Waals surface area contributed by atoms with Crippen LogP contribution in [0.2, 0.25) is 0 Å². The van der Waals surface area contributed by atoms with Gasteiger partial charge in [0.1, 0.15) is 10.9 Å². The second-order valence-corrected chi connectivity index (χ2v) is 9.56. The molecular formula is C21H22F4N4O3S. The lowest BCUT2D eigenvalue weighted by Gasteiger charge is -2.40. The molecule has 2 heterocycles. The topological polar surface area (TPSA) is 99.8 Å². The number of hydrogen-bond donors (Lipinski definition) is 2. The van der Waals surface area contributed by atoms with Crippen LogP contribution in [-0.4, -0.2) is 54.7 Å². The first-order valence-electron chi connectivity index (χ1n) is 9.78. The van der Waals surface area contributed by atoms with Gasteiger partial charge >= 0.3 is 6.18 Å². The van der Waals surface area contributed by atoms with Crippen molar-refractivity contribution in [3.8, 4) is 11.8 Å². The van der Waals surface area contributed by atoms with Gasteiger partial charge in [0.05, 0.1) is 0 Å². The molecule has 2 atom stereocenters. The summed E-state index contributed by atoms with van der Waals surface area (Å²) in [5.41, 5.74) is 2.50. The van der Waals surface area contributed by atoms with Crippen LogP contribution in [0, 0.1) is 17.7 Å². The minimum absolute atomic E-state index is 0.0260. The summed E-state index contributed by atoms with van der Waals surface area (Å²) < 4.78 is 80.2. The molecule has 7 nitrogen and oxygen atoms in total. The molecule has 1 aliphatic rings. The van der Waals surface area contributed by atoms with Crippen LogP contribution in [0.5, 0.6) is 0 Å². The molecular weight excluding hydrogens is 464 g/mol. The number of nitrogens with zero attached hydrogens (tertiary/aromatic N) is 3. The van der Waals surface area contributed by atoms with Gasteiger partial charge < -0.3 is 15.7 Å². The Morgan fingerprint density at radius 2 is 1.85 bits per heavy atom. The van der Waals surface area contributed by atoms with Crippen molar-refractivity contribution in [1.29, 1.82) is 0 Å². The molecule has 3 N–H and O–H groups in total. The largest absolute Gasteiger partial charge is 0.421 e. The molecule has 0 spiro atoms. The average Bonchev–Trinajstić information content (AvgIpc) is 2.75. The summed E-state index contributed by atoms with van der Waals surface area (Å²) in [7, 11) is -4.08. The predicted molar refractivity (Wildman–Crippen MR) is 114 cm³/mol. The van der Waals surface area contributed by atoms with Crippen LogP contribution in [0.25, 0.3) is 0 Å². The Labute approximate surface area is 188 Å². The van der Waals surface area contributed by atoms with E-state index >= 15 is 0 Å². The highest BCUT2D eigenvalue weighted by atomic mass is 32.2. The van der Waals surface area contributed by atoms with Gasteiger partial charge in [-0.2, -0.15) is 17.5 Å². The molecule has 2 unspecified atom stereocenters. The van der Waals surface area contributed by atoms with Crippen molar-refractivity contribution in [3.05, 3.63) is 47.9 Å². The number of anilines is 2. The number of alkyl halides is 3. The fourth-order valence-electron chi connectivity index (χ4n) is 3.44. The van der Waals surface area contributed by atoms with Crippen molar-refractivity contribution in [2.45, 2.75) is 36.6 Å². The first-order chi connectivity index (χ1) is 15.3. The lowest BCUT2D eigenvalue weighted by molar-refractivity contribution is -0.258. The Bertz CT molecular complexity index is 1190. The Kier molecular flexibility index (Phi) is 6.61. The molecule has 1 aromatic heterocycles. The first kappa shape index (κ1) is 24.8. The van der Waals surface area contributed by atoms with Gasteiger partial charge in [-0.05, 0) is 37.6 Å². The quantitative estimate of drug-likeness (QED) is 0.509. The monoisotopic (exact) mass is 486 g/mol. The third-order valence-corrected chi connectivity index (χ3v) is 7.28. The summed E-state index contributed by atoms with van der Waals surface area (Å²) >= 11 is 0. The van der Waals surface area contributed by atoms with Crippen LogP contribution < -0.4 is 10.6 Å². The third-order valence-electron chi connectivity index (χ3n) is 5.45. The SMILES string of the molecule is CC#CC1CN(S(=O)(=O)c2cnc(N)c(F)c2)CCN1c1ccc(C(C)(O)C(F)(F)F)cc1. The van der Waals surface area contributed by atoms with Crippen LogP contribution in [0.3, 0.4) is 0 Å². The molecule has 1 saturated heterocycles. The number of benzene rings is 1. The second-order valence-electron chi connectivity index (χ2n) is 7.62. The molecule has 2 aromatic rings. The molecule has 0 amide bonds. The molecule has 1 aliphatic heterocycles. The third kappa shape index (κ3) is 4.75. The lowest BCUT2D eigenvalue weighted by Crippen LogP contribution is -2.54. The van der Waals surface area contributed by atoms with Gasteiger partial charge in [0.15, 0.2) is 17.2 Å². The number of pyridine rings is 1. The molecule has 178 valence electrons. The van der Waals surface area contributed by atoms with Gasteiger partial charge in [0.25, 0.3) is 0 Å². The zero-order valence-corrected chi connectivity index (χ0v) is 18.6. The molecule has 12 heteroatoms. The van der Waals surface area contributed by atoms with Crippen molar-refractivity contribution in [1.82, 2.24) is 9.29 Å². The maximum Gasteiger partial charge on any atom is 0.421 e. The first-order valence-corrected chi connectivity index (χ1v) is 11.2. The van der Waals surface area contributed by atoms with Crippen LogP contribution in [0.15, 0.2) is 41.4 Å². The van der Waals surface area contributed by atoms with Crippen LogP contribution in [-0.2, 0) is 15.6 Å². The molecule has 3 rings (SSSR count). The van der Waals surface area contributed by atoms with Gasteiger partial charge in [-0.3, -0.25) is 0 Å². The lowest BCUT2D eigenvalue weighted by atomic mass is 9.95. The van der Waals surface area contributed by atoms with Crippen LogP contribution >= 0.6 is 0 Å². The fourth-order valence-corrected chi connectivity index (χ4v) is 4.83. The Hall–Kier alpha value is -2.88. The van der Waals surface area contributed by atoms with Crippen molar-refractivity contribution in [2.24, 2.45) is 0 Å². The zero-order valence-electron chi connectivity index (χ0n) is 17.8. The number of nitrogen functional groups attached to an aromatic ring is 1. The summed E-state index contributed by atoms with van der Waals surface area (Å²) in [5, 5.41) is 9.85.